The molecule has 1 aromatic carbocycles. The van der Waals surface area contributed by atoms with Crippen LogP contribution in [-0.4, -0.2) is 29.2 Å². The van der Waals surface area contributed by atoms with E-state index >= 15 is 0 Å². The summed E-state index contributed by atoms with van der Waals surface area (Å²) in [4.78, 5) is 16.0. The minimum absolute atomic E-state index is 0.172. The summed E-state index contributed by atoms with van der Waals surface area (Å²) in [6.45, 7) is 2.40. The van der Waals surface area contributed by atoms with Gasteiger partial charge >= 0.3 is 6.03 Å². The van der Waals surface area contributed by atoms with Gasteiger partial charge in [-0.25, -0.2) is 4.79 Å². The lowest BCUT2D eigenvalue weighted by molar-refractivity contribution is 0.0631. The van der Waals surface area contributed by atoms with E-state index in [1.165, 1.54) is 16.7 Å². The molecule has 0 spiro atoms. The average molecular weight is 343 g/mol. The molecule has 0 fully saturated rings. The predicted octanol–water partition coefficient (Wildman–Crippen LogP) is 2.98. The highest BCUT2D eigenvalue weighted by Crippen LogP contribution is 2.24. The number of amides is 2. The number of aromatic amines is 1. The zero-order valence-electron chi connectivity index (χ0n) is 13.5. The van der Waals surface area contributed by atoms with Crippen LogP contribution in [0.15, 0.2) is 47.8 Å². The van der Waals surface area contributed by atoms with Crippen molar-refractivity contribution in [2.45, 2.75) is 18.9 Å². The molecule has 1 atom stereocenters. The Morgan fingerprint density at radius 3 is 2.83 bits per heavy atom. The van der Waals surface area contributed by atoms with Crippen molar-refractivity contribution >= 4 is 28.3 Å². The largest absolute Gasteiger partial charge is 0.383 e. The van der Waals surface area contributed by atoms with Gasteiger partial charge in [0.1, 0.15) is 5.60 Å². The molecule has 2 heterocycles. The molecule has 0 saturated heterocycles. The molecule has 2 aromatic heterocycles. The lowest BCUT2D eigenvalue weighted by Gasteiger charge is -2.22. The zero-order valence-corrected chi connectivity index (χ0v) is 14.3. The van der Waals surface area contributed by atoms with Gasteiger partial charge in [0.25, 0.3) is 0 Å². The predicted molar refractivity (Wildman–Crippen MR) is 97.3 cm³/mol. The maximum absolute atomic E-state index is 11.9. The first-order valence-corrected chi connectivity index (χ1v) is 8.77. The maximum Gasteiger partial charge on any atom is 0.314 e. The molecule has 0 aliphatic rings. The Labute approximate surface area is 144 Å². The second kappa shape index (κ2) is 7.07. The number of H-pyrrole nitrogens is 1. The summed E-state index contributed by atoms with van der Waals surface area (Å²) in [7, 11) is 0. The van der Waals surface area contributed by atoms with Gasteiger partial charge in [-0.3, -0.25) is 0 Å². The SMILES string of the molecule is CC(O)(CNC(=O)NCCc1cc2ccccc2[nH]1)c1cccs1. The molecule has 1 unspecified atom stereocenters. The Kier molecular flexibility index (Phi) is 4.87. The second-order valence-corrected chi connectivity index (χ2v) is 6.94. The van der Waals surface area contributed by atoms with Crippen LogP contribution in [0.1, 0.15) is 17.5 Å². The molecule has 0 bridgehead atoms. The quantitative estimate of drug-likeness (QED) is 0.555. The summed E-state index contributed by atoms with van der Waals surface area (Å²) in [6, 6.07) is 13.7. The van der Waals surface area contributed by atoms with E-state index in [1.807, 2.05) is 35.7 Å². The molecule has 3 rings (SSSR count). The van der Waals surface area contributed by atoms with Gasteiger partial charge in [0.05, 0.1) is 6.54 Å². The molecular weight excluding hydrogens is 322 g/mol. The fourth-order valence-corrected chi connectivity index (χ4v) is 3.35. The number of para-hydroxylation sites is 1. The summed E-state index contributed by atoms with van der Waals surface area (Å²) in [5, 5.41) is 19.0. The maximum atomic E-state index is 11.9. The summed E-state index contributed by atoms with van der Waals surface area (Å²) < 4.78 is 0. The Morgan fingerprint density at radius 1 is 1.25 bits per heavy atom. The highest BCUT2D eigenvalue weighted by atomic mass is 32.1. The first kappa shape index (κ1) is 16.5. The summed E-state index contributed by atoms with van der Waals surface area (Å²) >= 11 is 1.47. The van der Waals surface area contributed by atoms with E-state index in [0.717, 1.165) is 22.5 Å². The lowest BCUT2D eigenvalue weighted by atomic mass is 10.1. The molecule has 0 radical (unpaired) electrons. The van der Waals surface area contributed by atoms with E-state index < -0.39 is 5.60 Å². The van der Waals surface area contributed by atoms with Crippen LogP contribution >= 0.6 is 11.3 Å². The standard InChI is InChI=1S/C18H21N3O2S/c1-18(23,16-7-4-10-24-16)12-20-17(22)19-9-8-14-11-13-5-2-3-6-15(13)21-14/h2-7,10-11,21,23H,8-9,12H2,1H3,(H2,19,20,22). The van der Waals surface area contributed by atoms with Gasteiger partial charge in [0, 0.05) is 29.1 Å². The normalized spacial score (nSPS) is 13.6. The second-order valence-electron chi connectivity index (χ2n) is 5.99. The zero-order chi connectivity index (χ0) is 17.0. The van der Waals surface area contributed by atoms with Gasteiger partial charge in [-0.1, -0.05) is 24.3 Å². The van der Waals surface area contributed by atoms with Crippen LogP contribution in [0.25, 0.3) is 10.9 Å². The van der Waals surface area contributed by atoms with Crippen molar-refractivity contribution in [3.63, 3.8) is 0 Å². The molecule has 6 heteroatoms. The smallest absolute Gasteiger partial charge is 0.314 e. The molecule has 126 valence electrons. The van der Waals surface area contributed by atoms with E-state index in [9.17, 15) is 9.90 Å². The number of benzene rings is 1. The van der Waals surface area contributed by atoms with E-state index in [0.29, 0.717) is 6.54 Å². The van der Waals surface area contributed by atoms with E-state index in [-0.39, 0.29) is 12.6 Å². The van der Waals surface area contributed by atoms with Crippen molar-refractivity contribution in [3.8, 4) is 0 Å². The number of carbonyl (C=O) groups is 1. The topological polar surface area (TPSA) is 77.2 Å². The van der Waals surface area contributed by atoms with Crippen LogP contribution in [0.2, 0.25) is 0 Å². The summed E-state index contributed by atoms with van der Waals surface area (Å²) in [6.07, 6.45) is 0.726. The van der Waals surface area contributed by atoms with Gasteiger partial charge in [0.2, 0.25) is 0 Å². The molecule has 0 aliphatic carbocycles. The van der Waals surface area contributed by atoms with Crippen molar-refractivity contribution in [2.24, 2.45) is 0 Å². The number of carbonyl (C=O) groups excluding carboxylic acids is 1. The van der Waals surface area contributed by atoms with Crippen molar-refractivity contribution in [3.05, 3.63) is 58.4 Å². The number of rotatable bonds is 6. The van der Waals surface area contributed by atoms with Crippen molar-refractivity contribution in [2.75, 3.05) is 13.1 Å². The molecule has 5 nitrogen and oxygen atoms in total. The molecule has 4 N–H and O–H groups in total. The van der Waals surface area contributed by atoms with Crippen LogP contribution in [0.3, 0.4) is 0 Å². The third-order valence-electron chi connectivity index (χ3n) is 3.91. The third-order valence-corrected chi connectivity index (χ3v) is 5.03. The first-order valence-electron chi connectivity index (χ1n) is 7.89. The van der Waals surface area contributed by atoms with Crippen LogP contribution in [0.5, 0.6) is 0 Å². The number of hydrogen-bond donors (Lipinski definition) is 4. The monoisotopic (exact) mass is 343 g/mol. The van der Waals surface area contributed by atoms with Crippen molar-refractivity contribution < 1.29 is 9.90 Å². The number of aromatic nitrogens is 1. The Bertz CT molecular complexity index is 776. The number of nitrogens with one attached hydrogen (secondary N) is 3. The highest BCUT2D eigenvalue weighted by Gasteiger charge is 2.24. The number of hydrogen-bond acceptors (Lipinski definition) is 3. The number of urea groups is 1. The van der Waals surface area contributed by atoms with Gasteiger partial charge in [-0.15, -0.1) is 11.3 Å². The number of aliphatic hydroxyl groups is 1. The van der Waals surface area contributed by atoms with Gasteiger partial charge < -0.3 is 20.7 Å². The fourth-order valence-electron chi connectivity index (χ4n) is 2.57. The lowest BCUT2D eigenvalue weighted by Crippen LogP contribution is -2.43. The van der Waals surface area contributed by atoms with Crippen LogP contribution < -0.4 is 10.6 Å². The molecular formula is C18H21N3O2S. The van der Waals surface area contributed by atoms with Gasteiger partial charge in [0.15, 0.2) is 0 Å². The van der Waals surface area contributed by atoms with Crippen molar-refractivity contribution in [1.29, 1.82) is 0 Å². The highest BCUT2D eigenvalue weighted by molar-refractivity contribution is 7.10. The fraction of sp³-hybridized carbons (Fsp3) is 0.278. The molecule has 2 amide bonds. The Hall–Kier alpha value is -2.31. The van der Waals surface area contributed by atoms with Gasteiger partial charge in [-0.2, -0.15) is 0 Å². The van der Waals surface area contributed by atoms with E-state index in [4.69, 9.17) is 0 Å². The minimum Gasteiger partial charge on any atom is -0.383 e. The van der Waals surface area contributed by atoms with Crippen LogP contribution in [0, 0.1) is 0 Å². The number of thiophene rings is 1. The minimum atomic E-state index is -1.05. The Balaban J connectivity index is 1.44. The van der Waals surface area contributed by atoms with E-state index in [2.05, 4.69) is 27.8 Å². The summed E-state index contributed by atoms with van der Waals surface area (Å²) in [5.74, 6) is 0. The Morgan fingerprint density at radius 2 is 2.08 bits per heavy atom. The third kappa shape index (κ3) is 3.96. The van der Waals surface area contributed by atoms with Crippen molar-refractivity contribution in [1.82, 2.24) is 15.6 Å². The van der Waals surface area contributed by atoms with Gasteiger partial charge in [-0.05, 0) is 35.9 Å². The molecule has 0 saturated carbocycles. The average Bonchev–Trinajstić information content (AvgIpc) is 3.22. The van der Waals surface area contributed by atoms with E-state index in [1.54, 1.807) is 6.92 Å². The summed E-state index contributed by atoms with van der Waals surface area (Å²) in [5.41, 5.74) is 1.13. The first-order chi connectivity index (χ1) is 11.5. The number of fused-ring (bicyclic) bond motifs is 1. The molecule has 24 heavy (non-hydrogen) atoms. The van der Waals surface area contributed by atoms with Crippen LogP contribution in [-0.2, 0) is 12.0 Å². The van der Waals surface area contributed by atoms with Crippen LogP contribution in [0.4, 0.5) is 4.79 Å². The molecule has 0 aliphatic heterocycles. The molecule has 3 aromatic rings.